The molecule has 1 amide bonds. The highest BCUT2D eigenvalue weighted by Crippen LogP contribution is 2.54. The Bertz CT molecular complexity index is 848. The van der Waals surface area contributed by atoms with Crippen molar-refractivity contribution in [2.24, 2.45) is 29.6 Å². The molecule has 1 saturated heterocycles. The Morgan fingerprint density at radius 2 is 1.79 bits per heavy atom. The van der Waals surface area contributed by atoms with E-state index in [2.05, 4.69) is 18.8 Å². The predicted molar refractivity (Wildman–Crippen MR) is 127 cm³/mol. The van der Waals surface area contributed by atoms with Crippen LogP contribution in [-0.2, 0) is 25.4 Å². The van der Waals surface area contributed by atoms with Crippen LogP contribution in [0.3, 0.4) is 0 Å². The number of methoxy groups -OCH3 is 2. The Balaban J connectivity index is 1.34. The number of carbonyl (C=O) groups excluding carboxylic acids is 1. The third kappa shape index (κ3) is 4.35. The molecule has 188 valence electrons. The van der Waals surface area contributed by atoms with Crippen molar-refractivity contribution in [3.63, 3.8) is 0 Å². The number of likely N-dealkylation sites (tertiary alicyclic amines) is 1. The minimum absolute atomic E-state index is 0.0606. The van der Waals surface area contributed by atoms with E-state index in [4.69, 9.17) is 18.9 Å². The van der Waals surface area contributed by atoms with Crippen LogP contribution in [0.25, 0.3) is 0 Å². The van der Waals surface area contributed by atoms with Crippen LogP contribution in [-0.4, -0.2) is 61.3 Å². The van der Waals surface area contributed by atoms with Crippen LogP contribution >= 0.6 is 0 Å². The van der Waals surface area contributed by atoms with Crippen LogP contribution in [0.5, 0.6) is 5.75 Å². The first-order valence-corrected chi connectivity index (χ1v) is 13.0. The lowest BCUT2D eigenvalue weighted by Crippen LogP contribution is -2.76. The maximum Gasteiger partial charge on any atom is 0.259 e. The molecule has 1 aromatic rings. The van der Waals surface area contributed by atoms with E-state index in [0.29, 0.717) is 30.3 Å². The molecule has 5 fully saturated rings. The number of rotatable bonds is 11. The van der Waals surface area contributed by atoms with Crippen molar-refractivity contribution in [1.82, 2.24) is 9.88 Å². The minimum Gasteiger partial charge on any atom is -0.490 e. The summed E-state index contributed by atoms with van der Waals surface area (Å²) in [7, 11) is 3.20. The van der Waals surface area contributed by atoms with Crippen molar-refractivity contribution in [2.45, 2.75) is 76.5 Å². The third-order valence-electron chi connectivity index (χ3n) is 8.58. The summed E-state index contributed by atoms with van der Waals surface area (Å²) in [6.07, 6.45) is 10.1. The fourth-order valence-corrected chi connectivity index (χ4v) is 7.45. The topological polar surface area (TPSA) is 70.1 Å². The second kappa shape index (κ2) is 9.75. The van der Waals surface area contributed by atoms with Gasteiger partial charge in [0.25, 0.3) is 5.91 Å². The number of carbonyl (C=O) groups is 1. The number of nitrogens with zero attached hydrogens (tertiary/aromatic N) is 2. The Morgan fingerprint density at radius 1 is 1.09 bits per heavy atom. The largest absolute Gasteiger partial charge is 0.490 e. The van der Waals surface area contributed by atoms with Crippen LogP contribution in [0.15, 0.2) is 18.3 Å². The molecule has 0 N–H and O–H groups in total. The van der Waals surface area contributed by atoms with Crippen molar-refractivity contribution in [1.29, 1.82) is 0 Å². The van der Waals surface area contributed by atoms with Gasteiger partial charge in [-0.1, -0.05) is 13.8 Å². The Labute approximate surface area is 203 Å². The first-order chi connectivity index (χ1) is 16.4. The van der Waals surface area contributed by atoms with E-state index in [1.165, 1.54) is 32.1 Å². The van der Waals surface area contributed by atoms with Crippen molar-refractivity contribution >= 4 is 5.91 Å². The molecule has 4 bridgehead atoms. The maximum atomic E-state index is 13.4. The van der Waals surface area contributed by atoms with Gasteiger partial charge in [-0.05, 0) is 74.2 Å². The molecule has 7 nitrogen and oxygen atoms in total. The summed E-state index contributed by atoms with van der Waals surface area (Å²) in [6.45, 7) is 4.64. The summed E-state index contributed by atoms with van der Waals surface area (Å²) in [6, 6.07) is 3.88. The molecule has 2 heterocycles. The summed E-state index contributed by atoms with van der Waals surface area (Å²) in [5.74, 6) is 4.43. The maximum absolute atomic E-state index is 13.4. The molecular weight excluding hydrogens is 432 g/mol. The van der Waals surface area contributed by atoms with Gasteiger partial charge in [-0.15, -0.1) is 0 Å². The Morgan fingerprint density at radius 3 is 2.41 bits per heavy atom. The van der Waals surface area contributed by atoms with Crippen LogP contribution < -0.4 is 4.74 Å². The van der Waals surface area contributed by atoms with Gasteiger partial charge in [-0.2, -0.15) is 0 Å². The molecule has 1 aliphatic heterocycles. The van der Waals surface area contributed by atoms with E-state index in [0.717, 1.165) is 29.7 Å². The minimum atomic E-state index is -0.993. The van der Waals surface area contributed by atoms with E-state index in [1.54, 1.807) is 25.3 Å². The van der Waals surface area contributed by atoms with Crippen molar-refractivity contribution < 1.29 is 23.7 Å². The van der Waals surface area contributed by atoms with E-state index in [1.807, 2.05) is 12.1 Å². The molecule has 34 heavy (non-hydrogen) atoms. The number of pyridine rings is 1. The van der Waals surface area contributed by atoms with Gasteiger partial charge in [0.1, 0.15) is 25.4 Å². The summed E-state index contributed by atoms with van der Waals surface area (Å²) in [5, 5.41) is 0. The van der Waals surface area contributed by atoms with Crippen LogP contribution in [0.2, 0.25) is 0 Å². The number of ether oxygens (including phenoxy) is 4. The molecule has 6 rings (SSSR count). The highest BCUT2D eigenvalue weighted by atomic mass is 16.7. The third-order valence-corrected chi connectivity index (χ3v) is 8.58. The second-order valence-corrected chi connectivity index (χ2v) is 11.5. The van der Waals surface area contributed by atoms with Crippen molar-refractivity contribution in [2.75, 3.05) is 27.7 Å². The molecule has 4 aliphatic carbocycles. The van der Waals surface area contributed by atoms with Gasteiger partial charge in [-0.25, -0.2) is 0 Å². The number of hydrogen-bond donors (Lipinski definition) is 0. The number of amides is 1. The second-order valence-electron chi connectivity index (χ2n) is 11.5. The monoisotopic (exact) mass is 472 g/mol. The lowest BCUT2D eigenvalue weighted by atomic mass is 9.55. The standard InChI is InChI=1S/C27H40N2O5/c1-17(2)7-24-27(33-16-32-4,26(30)29(24)15-31-3)14-22-13-23(5-6-28-22)34-25-20-9-18-8-19(11-20)12-21(25)10-18/h5-6,13,17-21,24-25H,7-12,14-16H2,1-4H3/t18?,19?,20?,21?,24-,25?,27+/m0/s1. The van der Waals surface area contributed by atoms with Gasteiger partial charge in [0, 0.05) is 38.6 Å². The fourth-order valence-electron chi connectivity index (χ4n) is 7.45. The van der Waals surface area contributed by atoms with Crippen LogP contribution in [0.4, 0.5) is 0 Å². The Hall–Kier alpha value is -1.70. The first-order valence-electron chi connectivity index (χ1n) is 13.0. The molecule has 0 spiro atoms. The van der Waals surface area contributed by atoms with Gasteiger partial charge in [0.15, 0.2) is 5.60 Å². The number of aromatic nitrogens is 1. The summed E-state index contributed by atoms with van der Waals surface area (Å²) in [5.41, 5.74) is -0.177. The van der Waals surface area contributed by atoms with E-state index in [9.17, 15) is 4.79 Å². The molecule has 1 aromatic heterocycles. The lowest BCUT2D eigenvalue weighted by molar-refractivity contribution is -0.235. The zero-order chi connectivity index (χ0) is 23.9. The van der Waals surface area contributed by atoms with E-state index in [-0.39, 0.29) is 25.5 Å². The molecule has 4 saturated carbocycles. The summed E-state index contributed by atoms with van der Waals surface area (Å²) >= 11 is 0. The SMILES string of the molecule is COCO[C@@]1(Cc2cc(OC3C4CC5CC(C4)CC3C5)ccn2)C(=O)N(COC)[C@H]1CC(C)C. The summed E-state index contributed by atoms with van der Waals surface area (Å²) in [4.78, 5) is 19.7. The van der Waals surface area contributed by atoms with Crippen LogP contribution in [0, 0.1) is 29.6 Å². The van der Waals surface area contributed by atoms with Crippen molar-refractivity contribution in [3.8, 4) is 5.75 Å². The molecular formula is C27H40N2O5. The summed E-state index contributed by atoms with van der Waals surface area (Å²) < 4.78 is 23.3. The lowest BCUT2D eigenvalue weighted by Gasteiger charge is -2.55. The van der Waals surface area contributed by atoms with Crippen molar-refractivity contribution in [3.05, 3.63) is 24.0 Å². The van der Waals surface area contributed by atoms with E-state index >= 15 is 0 Å². The average molecular weight is 473 g/mol. The Kier molecular flexibility index (Phi) is 6.88. The molecule has 2 atom stereocenters. The quantitative estimate of drug-likeness (QED) is 0.358. The molecule has 0 unspecified atom stereocenters. The molecule has 0 radical (unpaired) electrons. The first kappa shape index (κ1) is 24.0. The van der Waals surface area contributed by atoms with Gasteiger partial charge in [-0.3, -0.25) is 9.78 Å². The number of hydrogen-bond acceptors (Lipinski definition) is 6. The molecule has 5 aliphatic rings. The predicted octanol–water partition coefficient (Wildman–Crippen LogP) is 4.05. The zero-order valence-corrected chi connectivity index (χ0v) is 21.1. The molecule has 7 heteroatoms. The average Bonchev–Trinajstić information content (AvgIpc) is 2.81. The fraction of sp³-hybridized carbons (Fsp3) is 0.778. The zero-order valence-electron chi connectivity index (χ0n) is 21.1. The van der Waals surface area contributed by atoms with Gasteiger partial charge < -0.3 is 23.8 Å². The highest BCUT2D eigenvalue weighted by Gasteiger charge is 2.62. The smallest absolute Gasteiger partial charge is 0.259 e. The van der Waals surface area contributed by atoms with Crippen LogP contribution in [0.1, 0.15) is 58.1 Å². The van der Waals surface area contributed by atoms with E-state index < -0.39 is 5.60 Å². The van der Waals surface area contributed by atoms with Gasteiger partial charge >= 0.3 is 0 Å². The molecule has 0 aromatic carbocycles. The van der Waals surface area contributed by atoms with Gasteiger partial charge in [0.2, 0.25) is 0 Å². The van der Waals surface area contributed by atoms with Gasteiger partial charge in [0.05, 0.1) is 6.04 Å². The highest BCUT2D eigenvalue weighted by molar-refractivity contribution is 5.93. The number of β-lactam (4-membered cyclic amide) rings is 1. The normalized spacial score (nSPS) is 36.3.